The summed E-state index contributed by atoms with van der Waals surface area (Å²) >= 11 is 10.9. The van der Waals surface area contributed by atoms with Crippen molar-refractivity contribution in [1.82, 2.24) is 9.55 Å². The van der Waals surface area contributed by atoms with Gasteiger partial charge in [-0.2, -0.15) is 0 Å². The van der Waals surface area contributed by atoms with Crippen LogP contribution in [0.1, 0.15) is 16.1 Å². The van der Waals surface area contributed by atoms with Crippen LogP contribution in [0.15, 0.2) is 24.7 Å². The number of rotatable bonds is 2. The topological polar surface area (TPSA) is 34.9 Å². The monoisotopic (exact) mass is 272 g/mol. The molecule has 88 valence electrons. The predicted octanol–water partition coefficient (Wildman–Crippen LogP) is 3.35. The summed E-state index contributed by atoms with van der Waals surface area (Å²) in [6.45, 7) is 1.60. The average Bonchev–Trinajstić information content (AvgIpc) is 2.75. The first kappa shape index (κ1) is 12.1. The van der Waals surface area contributed by atoms with Crippen LogP contribution in [0.2, 0.25) is 5.02 Å². The molecule has 0 atom stereocenters. The number of carbonyl (C=O) groups excluding carboxylic acids is 1. The first-order valence-corrected chi connectivity index (χ1v) is 5.45. The Labute approximate surface area is 107 Å². The molecular weight excluding hydrogens is 266 g/mol. The summed E-state index contributed by atoms with van der Waals surface area (Å²) in [5.74, 6) is -0.489. The fourth-order valence-electron chi connectivity index (χ4n) is 1.48. The molecule has 1 aromatic carbocycles. The second-order valence-electron chi connectivity index (χ2n) is 3.45. The van der Waals surface area contributed by atoms with Crippen LogP contribution in [0.3, 0.4) is 0 Å². The molecule has 0 bridgehead atoms. The zero-order chi connectivity index (χ0) is 12.6. The normalized spacial score (nSPS) is 10.6. The third-order valence-electron chi connectivity index (χ3n) is 2.37. The van der Waals surface area contributed by atoms with Gasteiger partial charge in [-0.3, -0.25) is 4.79 Å². The molecule has 0 spiro atoms. The lowest BCUT2D eigenvalue weighted by molar-refractivity contribution is 0.107. The van der Waals surface area contributed by atoms with Crippen molar-refractivity contribution in [2.75, 3.05) is 0 Å². The van der Waals surface area contributed by atoms with E-state index < -0.39 is 11.1 Å². The molecule has 6 heteroatoms. The minimum Gasteiger partial charge on any atom is -0.305 e. The maximum absolute atomic E-state index is 13.6. The van der Waals surface area contributed by atoms with Crippen molar-refractivity contribution >= 4 is 28.4 Å². The average molecular weight is 273 g/mol. The Morgan fingerprint density at radius 2 is 2.18 bits per heavy atom. The number of hydrogen-bond donors (Lipinski definition) is 0. The molecule has 0 N–H and O–H groups in total. The molecule has 1 aromatic heterocycles. The molecule has 2 rings (SSSR count). The lowest BCUT2D eigenvalue weighted by Crippen LogP contribution is -1.97. The van der Waals surface area contributed by atoms with E-state index in [9.17, 15) is 9.18 Å². The molecule has 0 radical (unpaired) electrons. The largest absolute Gasteiger partial charge is 0.305 e. The molecular formula is C11H7Cl2FN2O. The highest BCUT2D eigenvalue weighted by Crippen LogP contribution is 2.24. The molecule has 2 aromatic rings. The van der Waals surface area contributed by atoms with Gasteiger partial charge in [0.05, 0.1) is 10.7 Å². The molecule has 0 saturated heterocycles. The van der Waals surface area contributed by atoms with Gasteiger partial charge in [0.2, 0.25) is 0 Å². The molecule has 17 heavy (non-hydrogen) atoms. The van der Waals surface area contributed by atoms with Gasteiger partial charge in [-0.15, -0.1) is 0 Å². The van der Waals surface area contributed by atoms with Crippen LogP contribution >= 0.6 is 23.2 Å². The quantitative estimate of drug-likeness (QED) is 0.786. The maximum atomic E-state index is 13.6. The van der Waals surface area contributed by atoms with Gasteiger partial charge in [0, 0.05) is 11.8 Å². The van der Waals surface area contributed by atoms with Crippen molar-refractivity contribution in [3.05, 3.63) is 46.8 Å². The number of nitrogens with zero attached hydrogens (tertiary/aromatic N) is 2. The predicted molar refractivity (Wildman–Crippen MR) is 63.5 cm³/mol. The van der Waals surface area contributed by atoms with Crippen molar-refractivity contribution in [3.63, 3.8) is 0 Å². The van der Waals surface area contributed by atoms with Crippen LogP contribution in [0, 0.1) is 12.7 Å². The van der Waals surface area contributed by atoms with Gasteiger partial charge < -0.3 is 4.57 Å². The van der Waals surface area contributed by atoms with E-state index in [1.165, 1.54) is 23.2 Å². The van der Waals surface area contributed by atoms with Crippen LogP contribution in [0.4, 0.5) is 4.39 Å². The molecule has 0 saturated carbocycles. The molecule has 0 aliphatic heterocycles. The summed E-state index contributed by atoms with van der Waals surface area (Å²) < 4.78 is 15.1. The second-order valence-corrected chi connectivity index (χ2v) is 4.20. The lowest BCUT2D eigenvalue weighted by atomic mass is 10.2. The molecule has 0 aliphatic carbocycles. The second kappa shape index (κ2) is 4.47. The molecule has 1 heterocycles. The third kappa shape index (κ3) is 2.18. The van der Waals surface area contributed by atoms with E-state index in [4.69, 9.17) is 23.2 Å². The van der Waals surface area contributed by atoms with E-state index in [-0.39, 0.29) is 10.7 Å². The highest BCUT2D eigenvalue weighted by atomic mass is 35.5. The first-order chi connectivity index (χ1) is 8.00. The number of carbonyl (C=O) groups is 1. The van der Waals surface area contributed by atoms with Gasteiger partial charge in [-0.25, -0.2) is 9.37 Å². The maximum Gasteiger partial charge on any atom is 0.272 e. The van der Waals surface area contributed by atoms with Crippen molar-refractivity contribution in [1.29, 1.82) is 0 Å². The van der Waals surface area contributed by atoms with Crippen LogP contribution in [-0.2, 0) is 0 Å². The Morgan fingerprint density at radius 3 is 2.76 bits per heavy atom. The highest BCUT2D eigenvalue weighted by molar-refractivity contribution is 6.67. The SMILES string of the molecule is Cc1c(-n2cnc(C(=O)Cl)c2)ccc(Cl)c1F. The zero-order valence-corrected chi connectivity index (χ0v) is 10.3. The fourth-order valence-corrected chi connectivity index (χ4v) is 1.78. The van der Waals surface area contributed by atoms with Gasteiger partial charge in [0.15, 0.2) is 0 Å². The molecule has 0 aliphatic rings. The van der Waals surface area contributed by atoms with Gasteiger partial charge in [0.25, 0.3) is 5.24 Å². The van der Waals surface area contributed by atoms with Gasteiger partial charge in [-0.1, -0.05) is 11.6 Å². The molecule has 0 amide bonds. The number of hydrogen-bond acceptors (Lipinski definition) is 2. The highest BCUT2D eigenvalue weighted by Gasteiger charge is 2.12. The van der Waals surface area contributed by atoms with Crippen molar-refractivity contribution in [3.8, 4) is 5.69 Å². The summed E-state index contributed by atoms with van der Waals surface area (Å²) in [7, 11) is 0. The minimum atomic E-state index is -0.657. The zero-order valence-electron chi connectivity index (χ0n) is 8.75. The summed E-state index contributed by atoms with van der Waals surface area (Å²) in [5.41, 5.74) is 1.05. The van der Waals surface area contributed by atoms with Gasteiger partial charge >= 0.3 is 0 Å². The van der Waals surface area contributed by atoms with Gasteiger partial charge in [0.1, 0.15) is 17.8 Å². The number of halogens is 3. The van der Waals surface area contributed by atoms with E-state index in [2.05, 4.69) is 4.98 Å². The fraction of sp³-hybridized carbons (Fsp3) is 0.0909. The van der Waals surface area contributed by atoms with Crippen molar-refractivity contribution in [2.24, 2.45) is 0 Å². The Morgan fingerprint density at radius 1 is 1.47 bits per heavy atom. The molecule has 0 unspecified atom stereocenters. The summed E-state index contributed by atoms with van der Waals surface area (Å²) in [5, 5.41) is -0.601. The first-order valence-electron chi connectivity index (χ1n) is 4.69. The number of imidazole rings is 1. The lowest BCUT2D eigenvalue weighted by Gasteiger charge is -2.08. The van der Waals surface area contributed by atoms with Crippen LogP contribution in [0.25, 0.3) is 5.69 Å². The van der Waals surface area contributed by atoms with Crippen molar-refractivity contribution in [2.45, 2.75) is 6.92 Å². The van der Waals surface area contributed by atoms with E-state index in [0.717, 1.165) is 0 Å². The molecule has 0 fully saturated rings. The van der Waals surface area contributed by atoms with E-state index >= 15 is 0 Å². The summed E-state index contributed by atoms with van der Waals surface area (Å²) in [6, 6.07) is 3.09. The number of aromatic nitrogens is 2. The Bertz CT molecular complexity index is 595. The standard InChI is InChI=1S/C11H7Cl2FN2O/c1-6-9(3-2-7(12)10(6)14)16-4-8(11(13)17)15-5-16/h2-5H,1H3. The van der Waals surface area contributed by atoms with Crippen LogP contribution < -0.4 is 0 Å². The van der Waals surface area contributed by atoms with Gasteiger partial charge in [-0.05, 0) is 30.7 Å². The van der Waals surface area contributed by atoms with Crippen molar-refractivity contribution < 1.29 is 9.18 Å². The number of benzene rings is 1. The van der Waals surface area contributed by atoms with E-state index in [1.807, 2.05) is 0 Å². The van der Waals surface area contributed by atoms with E-state index in [0.29, 0.717) is 11.3 Å². The van der Waals surface area contributed by atoms with Crippen LogP contribution in [-0.4, -0.2) is 14.8 Å². The van der Waals surface area contributed by atoms with Crippen LogP contribution in [0.5, 0.6) is 0 Å². The Hall–Kier alpha value is -1.39. The smallest absolute Gasteiger partial charge is 0.272 e. The Kier molecular flexibility index (Phi) is 3.17. The summed E-state index contributed by atoms with van der Waals surface area (Å²) in [6.07, 6.45) is 2.83. The Balaban J connectivity index is 2.53. The third-order valence-corrected chi connectivity index (χ3v) is 2.86. The minimum absolute atomic E-state index is 0.0556. The molecule has 3 nitrogen and oxygen atoms in total. The van der Waals surface area contributed by atoms with E-state index in [1.54, 1.807) is 13.0 Å². The summed E-state index contributed by atoms with van der Waals surface area (Å²) in [4.78, 5) is 14.7.